The minimum atomic E-state index is -0.328. The van der Waals surface area contributed by atoms with Crippen molar-refractivity contribution >= 4 is 17.5 Å². The fourth-order valence-corrected chi connectivity index (χ4v) is 3.01. The largest absolute Gasteiger partial charge is 0.489 e. The molecule has 0 saturated heterocycles. The Bertz CT molecular complexity index is 946. The van der Waals surface area contributed by atoms with Crippen LogP contribution in [0.3, 0.4) is 0 Å². The number of hydrogen-bond acceptors (Lipinski definition) is 4. The Kier molecular flexibility index (Phi) is 5.81. The Morgan fingerprint density at radius 1 is 1.15 bits per heavy atom. The minimum Gasteiger partial charge on any atom is -0.489 e. The molecule has 140 valence electrons. The van der Waals surface area contributed by atoms with Crippen LogP contribution >= 0.6 is 11.6 Å². The van der Waals surface area contributed by atoms with E-state index in [4.69, 9.17) is 20.9 Å². The van der Waals surface area contributed by atoms with Gasteiger partial charge in [0.2, 0.25) is 0 Å². The van der Waals surface area contributed by atoms with Crippen molar-refractivity contribution in [3.8, 4) is 5.75 Å². The van der Waals surface area contributed by atoms with Gasteiger partial charge in [0.05, 0.1) is 5.56 Å². The van der Waals surface area contributed by atoms with E-state index in [1.807, 2.05) is 44.2 Å². The summed E-state index contributed by atoms with van der Waals surface area (Å²) in [7, 11) is 0. The summed E-state index contributed by atoms with van der Waals surface area (Å²) >= 11 is 6.13. The highest BCUT2D eigenvalue weighted by Gasteiger charge is 2.20. The first-order valence-corrected chi connectivity index (χ1v) is 8.99. The number of carbonyl (C=O) groups is 1. The van der Waals surface area contributed by atoms with Crippen LogP contribution in [0.2, 0.25) is 5.02 Å². The standard InChI is InChI=1S/C21H21ClN2O3/c1-13-8-14(2)10-17(9-13)26-12-18-15(3)27-24-20(18)21(25)23-11-16-6-4-5-7-19(16)22/h4-10H,11-12H2,1-3H3,(H,23,25). The van der Waals surface area contributed by atoms with E-state index in [0.29, 0.717) is 22.9 Å². The first-order valence-electron chi connectivity index (χ1n) is 8.62. The van der Waals surface area contributed by atoms with Crippen LogP contribution in [0.5, 0.6) is 5.75 Å². The summed E-state index contributed by atoms with van der Waals surface area (Å²) in [5.74, 6) is 0.976. The third-order valence-corrected chi connectivity index (χ3v) is 4.54. The van der Waals surface area contributed by atoms with Gasteiger partial charge in [-0.05, 0) is 55.7 Å². The molecule has 27 heavy (non-hydrogen) atoms. The van der Waals surface area contributed by atoms with Crippen LogP contribution in [0.4, 0.5) is 0 Å². The molecule has 0 saturated carbocycles. The van der Waals surface area contributed by atoms with E-state index in [1.54, 1.807) is 13.0 Å². The van der Waals surface area contributed by atoms with Gasteiger partial charge in [-0.1, -0.05) is 41.0 Å². The van der Waals surface area contributed by atoms with Crippen molar-refractivity contribution in [2.24, 2.45) is 0 Å². The Balaban J connectivity index is 1.70. The second-order valence-corrected chi connectivity index (χ2v) is 6.86. The van der Waals surface area contributed by atoms with Gasteiger partial charge in [-0.3, -0.25) is 4.79 Å². The number of carbonyl (C=O) groups excluding carboxylic acids is 1. The summed E-state index contributed by atoms with van der Waals surface area (Å²) in [6.07, 6.45) is 0. The fourth-order valence-electron chi connectivity index (χ4n) is 2.81. The minimum absolute atomic E-state index is 0.201. The van der Waals surface area contributed by atoms with Gasteiger partial charge < -0.3 is 14.6 Å². The van der Waals surface area contributed by atoms with Crippen molar-refractivity contribution in [2.75, 3.05) is 0 Å². The third kappa shape index (κ3) is 4.68. The Morgan fingerprint density at radius 2 is 1.85 bits per heavy atom. The highest BCUT2D eigenvalue weighted by molar-refractivity contribution is 6.31. The summed E-state index contributed by atoms with van der Waals surface area (Å²) in [6.45, 7) is 6.29. The molecule has 0 unspecified atom stereocenters. The highest BCUT2D eigenvalue weighted by Crippen LogP contribution is 2.21. The Hall–Kier alpha value is -2.79. The monoisotopic (exact) mass is 384 g/mol. The number of amides is 1. The summed E-state index contributed by atoms with van der Waals surface area (Å²) in [4.78, 5) is 12.6. The second-order valence-electron chi connectivity index (χ2n) is 6.45. The predicted molar refractivity (Wildman–Crippen MR) is 104 cm³/mol. The van der Waals surface area contributed by atoms with Crippen LogP contribution in [0, 0.1) is 20.8 Å². The molecule has 0 radical (unpaired) electrons. The van der Waals surface area contributed by atoms with Gasteiger partial charge in [0, 0.05) is 11.6 Å². The zero-order chi connectivity index (χ0) is 19.4. The number of aryl methyl sites for hydroxylation is 3. The van der Waals surface area contributed by atoms with Gasteiger partial charge in [-0.2, -0.15) is 0 Å². The lowest BCUT2D eigenvalue weighted by molar-refractivity contribution is 0.0939. The van der Waals surface area contributed by atoms with E-state index in [2.05, 4.69) is 16.5 Å². The van der Waals surface area contributed by atoms with E-state index < -0.39 is 0 Å². The number of ether oxygens (including phenoxy) is 1. The predicted octanol–water partition coefficient (Wildman–Crippen LogP) is 4.76. The van der Waals surface area contributed by atoms with Crippen LogP contribution in [0.15, 0.2) is 47.0 Å². The fraction of sp³-hybridized carbons (Fsp3) is 0.238. The van der Waals surface area contributed by atoms with Crippen LogP contribution < -0.4 is 10.1 Å². The van der Waals surface area contributed by atoms with Gasteiger partial charge in [0.1, 0.15) is 18.1 Å². The normalized spacial score (nSPS) is 10.7. The highest BCUT2D eigenvalue weighted by atomic mass is 35.5. The maximum atomic E-state index is 12.6. The lowest BCUT2D eigenvalue weighted by atomic mass is 10.1. The topological polar surface area (TPSA) is 64.4 Å². The molecule has 6 heteroatoms. The van der Waals surface area contributed by atoms with Gasteiger partial charge in [0.25, 0.3) is 5.91 Å². The number of hydrogen-bond donors (Lipinski definition) is 1. The van der Waals surface area contributed by atoms with Crippen LogP contribution in [-0.4, -0.2) is 11.1 Å². The lowest BCUT2D eigenvalue weighted by Gasteiger charge is -2.09. The van der Waals surface area contributed by atoms with Crippen molar-refractivity contribution < 1.29 is 14.1 Å². The molecule has 1 aromatic heterocycles. The van der Waals surface area contributed by atoms with Gasteiger partial charge >= 0.3 is 0 Å². The number of benzene rings is 2. The zero-order valence-corrected chi connectivity index (χ0v) is 16.3. The summed E-state index contributed by atoms with van der Waals surface area (Å²) < 4.78 is 11.1. The molecule has 0 aliphatic rings. The molecule has 0 aliphatic carbocycles. The van der Waals surface area contributed by atoms with Crippen molar-refractivity contribution in [1.82, 2.24) is 10.5 Å². The van der Waals surface area contributed by atoms with Crippen LogP contribution in [0.1, 0.15) is 38.5 Å². The van der Waals surface area contributed by atoms with Crippen molar-refractivity contribution in [2.45, 2.75) is 33.9 Å². The average molecular weight is 385 g/mol. The molecular formula is C21H21ClN2O3. The SMILES string of the molecule is Cc1cc(C)cc(OCc2c(C(=O)NCc3ccccc3Cl)noc2C)c1. The van der Waals surface area contributed by atoms with E-state index in [9.17, 15) is 4.79 Å². The van der Waals surface area contributed by atoms with Crippen molar-refractivity contribution in [1.29, 1.82) is 0 Å². The average Bonchev–Trinajstić information content (AvgIpc) is 2.99. The van der Waals surface area contributed by atoms with E-state index in [1.165, 1.54) is 0 Å². The third-order valence-electron chi connectivity index (χ3n) is 4.18. The van der Waals surface area contributed by atoms with Gasteiger partial charge in [0.15, 0.2) is 5.69 Å². The first-order chi connectivity index (χ1) is 12.9. The number of nitrogens with zero attached hydrogens (tertiary/aromatic N) is 1. The van der Waals surface area contributed by atoms with Gasteiger partial charge in [-0.25, -0.2) is 0 Å². The molecule has 0 fully saturated rings. The van der Waals surface area contributed by atoms with E-state index >= 15 is 0 Å². The molecule has 0 aliphatic heterocycles. The molecule has 0 bridgehead atoms. The van der Waals surface area contributed by atoms with Crippen LogP contribution in [0.25, 0.3) is 0 Å². The molecule has 1 amide bonds. The maximum absolute atomic E-state index is 12.6. The smallest absolute Gasteiger partial charge is 0.274 e. The number of halogens is 1. The molecule has 3 aromatic rings. The van der Waals surface area contributed by atoms with Gasteiger partial charge in [-0.15, -0.1) is 0 Å². The maximum Gasteiger partial charge on any atom is 0.274 e. The summed E-state index contributed by atoms with van der Waals surface area (Å²) in [5.41, 5.74) is 3.92. The second kappa shape index (κ2) is 8.27. The van der Waals surface area contributed by atoms with Crippen LogP contribution in [-0.2, 0) is 13.2 Å². The Labute approximate surface area is 163 Å². The van der Waals surface area contributed by atoms with Crippen molar-refractivity contribution in [3.63, 3.8) is 0 Å². The molecule has 0 atom stereocenters. The number of nitrogens with one attached hydrogen (secondary N) is 1. The summed E-state index contributed by atoms with van der Waals surface area (Å²) in [6, 6.07) is 13.3. The number of aromatic nitrogens is 1. The lowest BCUT2D eigenvalue weighted by Crippen LogP contribution is -2.24. The molecule has 5 nitrogen and oxygen atoms in total. The molecule has 3 rings (SSSR count). The number of rotatable bonds is 6. The van der Waals surface area contributed by atoms with E-state index in [0.717, 1.165) is 22.4 Å². The first kappa shape index (κ1) is 19.0. The molecular weight excluding hydrogens is 364 g/mol. The van der Waals surface area contributed by atoms with Crippen molar-refractivity contribution in [3.05, 3.63) is 81.2 Å². The van der Waals surface area contributed by atoms with E-state index in [-0.39, 0.29) is 18.2 Å². The molecule has 1 N–H and O–H groups in total. The molecule has 2 aromatic carbocycles. The zero-order valence-electron chi connectivity index (χ0n) is 15.5. The summed E-state index contributed by atoms with van der Waals surface area (Å²) in [5, 5.41) is 7.33. The Morgan fingerprint density at radius 3 is 2.56 bits per heavy atom. The quantitative estimate of drug-likeness (QED) is 0.665. The molecule has 1 heterocycles. The molecule has 0 spiro atoms.